The number of nitrogens with zero attached hydrogens (tertiary/aromatic N) is 6. The highest BCUT2D eigenvalue weighted by Crippen LogP contribution is 2.34. The second kappa shape index (κ2) is 8.26. The second-order valence-corrected chi connectivity index (χ2v) is 8.17. The molecule has 0 saturated heterocycles. The summed E-state index contributed by atoms with van der Waals surface area (Å²) in [7, 11) is 6.45. The maximum Gasteiger partial charge on any atom is 0.283 e. The number of amides is 2. The Bertz CT molecular complexity index is 1200. The molecule has 0 atom stereocenters. The van der Waals surface area contributed by atoms with Crippen molar-refractivity contribution in [3.8, 4) is 5.75 Å². The number of hydrogen-bond acceptors (Lipinski definition) is 9. The SMILES string of the molecule is COc1cc2c(cc1Nc1ncnc3sc(C(=O)N(C)CC(=O)N(C)C)nc13)C=NC2. The molecule has 0 spiro atoms. The van der Waals surface area contributed by atoms with Crippen LogP contribution in [0.3, 0.4) is 0 Å². The third-order valence-corrected chi connectivity index (χ3v) is 5.75. The summed E-state index contributed by atoms with van der Waals surface area (Å²) < 4.78 is 5.51. The lowest BCUT2D eigenvalue weighted by molar-refractivity contribution is -0.129. The van der Waals surface area contributed by atoms with Crippen molar-refractivity contribution >= 4 is 51.2 Å². The summed E-state index contributed by atoms with van der Waals surface area (Å²) in [6.45, 7) is 0.595. The molecule has 0 fully saturated rings. The average molecular weight is 440 g/mol. The van der Waals surface area contributed by atoms with E-state index in [1.165, 1.54) is 16.1 Å². The molecule has 2 aromatic heterocycles. The minimum absolute atomic E-state index is 0.0353. The maximum atomic E-state index is 12.8. The molecule has 1 aliphatic rings. The smallest absolute Gasteiger partial charge is 0.283 e. The van der Waals surface area contributed by atoms with Crippen LogP contribution in [-0.4, -0.2) is 77.6 Å². The summed E-state index contributed by atoms with van der Waals surface area (Å²) in [5, 5.41) is 3.48. The number of rotatable bonds is 6. The number of fused-ring (bicyclic) bond motifs is 2. The van der Waals surface area contributed by atoms with Crippen molar-refractivity contribution in [2.75, 3.05) is 40.1 Å². The van der Waals surface area contributed by atoms with Crippen molar-refractivity contribution < 1.29 is 14.3 Å². The number of aromatic nitrogens is 3. The van der Waals surface area contributed by atoms with Gasteiger partial charge in [-0.05, 0) is 23.3 Å². The average Bonchev–Trinajstić information content (AvgIpc) is 3.39. The van der Waals surface area contributed by atoms with E-state index in [0.29, 0.717) is 34.1 Å². The Morgan fingerprint density at radius 3 is 2.77 bits per heavy atom. The van der Waals surface area contributed by atoms with Crippen molar-refractivity contribution in [2.45, 2.75) is 6.54 Å². The monoisotopic (exact) mass is 439 g/mol. The van der Waals surface area contributed by atoms with E-state index in [4.69, 9.17) is 4.74 Å². The Morgan fingerprint density at radius 2 is 2.03 bits per heavy atom. The number of carbonyl (C=O) groups excluding carboxylic acids is 2. The van der Waals surface area contributed by atoms with Crippen molar-refractivity contribution in [3.05, 3.63) is 34.6 Å². The van der Waals surface area contributed by atoms with E-state index < -0.39 is 0 Å². The van der Waals surface area contributed by atoms with Crippen LogP contribution in [-0.2, 0) is 11.3 Å². The molecular weight excluding hydrogens is 418 g/mol. The summed E-state index contributed by atoms with van der Waals surface area (Å²) in [4.78, 5) is 45.3. The lowest BCUT2D eigenvalue weighted by Gasteiger charge is -2.17. The van der Waals surface area contributed by atoms with Crippen molar-refractivity contribution in [3.63, 3.8) is 0 Å². The van der Waals surface area contributed by atoms with E-state index in [2.05, 4.69) is 25.3 Å². The van der Waals surface area contributed by atoms with E-state index in [0.717, 1.165) is 22.5 Å². The molecule has 4 rings (SSSR count). The largest absolute Gasteiger partial charge is 0.495 e. The maximum absolute atomic E-state index is 12.8. The number of methoxy groups -OCH3 is 1. The molecule has 3 heterocycles. The lowest BCUT2D eigenvalue weighted by Crippen LogP contribution is -2.37. The molecule has 0 unspecified atom stereocenters. The molecule has 11 heteroatoms. The Balaban J connectivity index is 1.64. The van der Waals surface area contributed by atoms with Crippen LogP contribution in [0.1, 0.15) is 20.9 Å². The molecule has 10 nitrogen and oxygen atoms in total. The van der Waals surface area contributed by atoms with Gasteiger partial charge in [0.05, 0.1) is 25.9 Å². The molecule has 1 aromatic carbocycles. The first-order valence-corrected chi connectivity index (χ1v) is 10.2. The molecule has 0 aliphatic carbocycles. The molecular formula is C20H21N7O3S. The van der Waals surface area contributed by atoms with E-state index in [1.807, 2.05) is 18.3 Å². The molecule has 0 radical (unpaired) electrons. The van der Waals surface area contributed by atoms with Gasteiger partial charge in [0.2, 0.25) is 5.91 Å². The normalized spacial score (nSPS) is 12.0. The van der Waals surface area contributed by atoms with Crippen LogP contribution < -0.4 is 10.1 Å². The summed E-state index contributed by atoms with van der Waals surface area (Å²) >= 11 is 1.15. The number of likely N-dealkylation sites (N-methyl/N-ethyl adjacent to an activating group) is 2. The van der Waals surface area contributed by atoms with Gasteiger partial charge in [-0.1, -0.05) is 11.3 Å². The minimum Gasteiger partial charge on any atom is -0.495 e. The van der Waals surface area contributed by atoms with Gasteiger partial charge in [0.15, 0.2) is 10.8 Å². The quantitative estimate of drug-likeness (QED) is 0.624. The molecule has 31 heavy (non-hydrogen) atoms. The third-order valence-electron chi connectivity index (χ3n) is 4.80. The van der Waals surface area contributed by atoms with Crippen LogP contribution >= 0.6 is 11.3 Å². The van der Waals surface area contributed by atoms with E-state index in [1.54, 1.807) is 28.3 Å². The number of thiazole rings is 1. The molecule has 0 saturated carbocycles. The number of anilines is 2. The van der Waals surface area contributed by atoms with Gasteiger partial charge >= 0.3 is 0 Å². The highest BCUT2D eigenvalue weighted by atomic mass is 32.1. The highest BCUT2D eigenvalue weighted by molar-refractivity contribution is 7.19. The third kappa shape index (κ3) is 4.04. The van der Waals surface area contributed by atoms with Crippen LogP contribution in [0.15, 0.2) is 23.5 Å². The lowest BCUT2D eigenvalue weighted by atomic mass is 10.1. The number of ether oxygens (including phenoxy) is 1. The number of hydrogen-bond donors (Lipinski definition) is 1. The standard InChI is InChI=1S/C20H21N7O3S/c1-26(2)15(28)9-27(3)20(29)19-25-16-17(22-10-23-18(16)31-19)24-13-5-11-7-21-8-12(11)6-14(13)30-4/h5-7,10H,8-9H2,1-4H3,(H,22,23,24). The van der Waals surface area contributed by atoms with Gasteiger partial charge in [0.25, 0.3) is 5.91 Å². The zero-order chi connectivity index (χ0) is 22.1. The molecule has 1 N–H and O–H groups in total. The summed E-state index contributed by atoms with van der Waals surface area (Å²) in [6, 6.07) is 3.88. The predicted octanol–water partition coefficient (Wildman–Crippen LogP) is 1.93. The predicted molar refractivity (Wildman–Crippen MR) is 118 cm³/mol. The van der Waals surface area contributed by atoms with Gasteiger partial charge in [-0.15, -0.1) is 0 Å². The van der Waals surface area contributed by atoms with Crippen LogP contribution in [0.2, 0.25) is 0 Å². The van der Waals surface area contributed by atoms with Crippen molar-refractivity contribution in [1.29, 1.82) is 0 Å². The van der Waals surface area contributed by atoms with Gasteiger partial charge in [0, 0.05) is 27.4 Å². The fourth-order valence-corrected chi connectivity index (χ4v) is 3.95. The zero-order valence-electron chi connectivity index (χ0n) is 17.5. The first-order chi connectivity index (χ1) is 14.9. The van der Waals surface area contributed by atoms with Gasteiger partial charge in [-0.3, -0.25) is 14.6 Å². The fraction of sp³-hybridized carbons (Fsp3) is 0.300. The minimum atomic E-state index is -0.351. The molecule has 160 valence electrons. The highest BCUT2D eigenvalue weighted by Gasteiger charge is 2.22. The molecule has 1 aliphatic heterocycles. The fourth-order valence-electron chi connectivity index (χ4n) is 3.05. The molecule has 2 amide bonds. The second-order valence-electron chi connectivity index (χ2n) is 7.19. The summed E-state index contributed by atoms with van der Waals surface area (Å²) in [5.41, 5.74) is 3.28. The Morgan fingerprint density at radius 1 is 1.23 bits per heavy atom. The van der Waals surface area contributed by atoms with Crippen LogP contribution in [0.4, 0.5) is 11.5 Å². The van der Waals surface area contributed by atoms with E-state index in [-0.39, 0.29) is 23.4 Å². The van der Waals surface area contributed by atoms with Gasteiger partial charge in [0.1, 0.15) is 22.4 Å². The van der Waals surface area contributed by atoms with E-state index >= 15 is 0 Å². The number of benzene rings is 1. The Labute approximate surface area is 182 Å². The van der Waals surface area contributed by atoms with Crippen LogP contribution in [0.5, 0.6) is 5.75 Å². The van der Waals surface area contributed by atoms with Crippen molar-refractivity contribution in [1.82, 2.24) is 24.8 Å². The summed E-state index contributed by atoms with van der Waals surface area (Å²) in [5.74, 6) is 0.590. The molecule has 0 bridgehead atoms. The first kappa shape index (κ1) is 20.7. The van der Waals surface area contributed by atoms with Crippen LogP contribution in [0, 0.1) is 0 Å². The summed E-state index contributed by atoms with van der Waals surface area (Å²) in [6.07, 6.45) is 3.23. The van der Waals surface area contributed by atoms with Crippen molar-refractivity contribution in [2.24, 2.45) is 4.99 Å². The Kier molecular flexibility index (Phi) is 5.51. The van der Waals surface area contributed by atoms with Crippen LogP contribution in [0.25, 0.3) is 10.3 Å². The van der Waals surface area contributed by atoms with Gasteiger partial charge < -0.3 is 19.9 Å². The first-order valence-electron chi connectivity index (χ1n) is 9.42. The number of nitrogens with one attached hydrogen (secondary N) is 1. The topological polar surface area (TPSA) is 113 Å². The number of carbonyl (C=O) groups is 2. The Hall–Kier alpha value is -3.60. The zero-order valence-corrected chi connectivity index (χ0v) is 18.4. The molecule has 3 aromatic rings. The number of aliphatic imine (C=N–C) groups is 1. The van der Waals surface area contributed by atoms with E-state index in [9.17, 15) is 9.59 Å². The van der Waals surface area contributed by atoms with Gasteiger partial charge in [-0.25, -0.2) is 15.0 Å². The van der Waals surface area contributed by atoms with Gasteiger partial charge in [-0.2, -0.15) is 0 Å².